The quantitative estimate of drug-likeness (QED) is 0.385. The summed E-state index contributed by atoms with van der Waals surface area (Å²) >= 11 is 0. The van der Waals surface area contributed by atoms with E-state index in [2.05, 4.69) is 45.9 Å². The van der Waals surface area contributed by atoms with E-state index in [9.17, 15) is 0 Å². The van der Waals surface area contributed by atoms with E-state index in [0.29, 0.717) is 0 Å². The number of benzene rings is 1. The summed E-state index contributed by atoms with van der Waals surface area (Å²) in [6, 6.07) is 8.31. The molecule has 0 heterocycles. The van der Waals surface area contributed by atoms with Crippen molar-refractivity contribution >= 4 is 0 Å². The Morgan fingerprint density at radius 1 is 0.654 bits per heavy atom. The van der Waals surface area contributed by atoms with Gasteiger partial charge in [-0.15, -0.1) is 0 Å². The molecule has 0 amide bonds. The van der Waals surface area contributed by atoms with Gasteiger partial charge in [-0.3, -0.25) is 0 Å². The van der Waals surface area contributed by atoms with Crippen LogP contribution in [0.15, 0.2) is 24.3 Å². The first-order valence-electron chi connectivity index (χ1n) is 9.59. The van der Waals surface area contributed by atoms with E-state index in [1.165, 1.54) is 0 Å². The third-order valence-electron chi connectivity index (χ3n) is 3.58. The van der Waals surface area contributed by atoms with Crippen molar-refractivity contribution in [3.63, 3.8) is 0 Å². The highest BCUT2D eigenvalue weighted by Gasteiger charge is 2.25. The van der Waals surface area contributed by atoms with Crippen molar-refractivity contribution < 1.29 is 19.6 Å². The van der Waals surface area contributed by atoms with Crippen LogP contribution in [0.4, 0.5) is 0 Å². The van der Waals surface area contributed by atoms with E-state index in [4.69, 9.17) is 19.6 Å². The molecule has 0 aliphatic rings. The van der Waals surface area contributed by atoms with E-state index < -0.39 is 0 Å². The Balaban J connectivity index is 3.04. The van der Waals surface area contributed by atoms with E-state index in [1.807, 2.05) is 47.6 Å². The van der Waals surface area contributed by atoms with Gasteiger partial charge in [0.2, 0.25) is 0 Å². The number of rotatable bonds is 8. The van der Waals surface area contributed by atoms with Gasteiger partial charge in [0, 0.05) is 0 Å². The van der Waals surface area contributed by atoms with Crippen LogP contribution in [0.5, 0.6) is 0 Å². The van der Waals surface area contributed by atoms with Gasteiger partial charge in [0.25, 0.3) is 0 Å². The summed E-state index contributed by atoms with van der Waals surface area (Å²) in [5, 5.41) is 0. The van der Waals surface area contributed by atoms with E-state index in [1.54, 1.807) is 0 Å². The Labute approximate surface area is 160 Å². The van der Waals surface area contributed by atoms with Gasteiger partial charge < -0.3 is 0 Å². The molecule has 2 atom stereocenters. The van der Waals surface area contributed by atoms with Crippen molar-refractivity contribution in [2.75, 3.05) is 0 Å². The van der Waals surface area contributed by atoms with Crippen LogP contribution in [0.25, 0.3) is 0 Å². The first-order chi connectivity index (χ1) is 11.8. The monoisotopic (exact) mass is 366 g/mol. The maximum Gasteiger partial charge on any atom is 0.120 e. The topological polar surface area (TPSA) is 36.9 Å². The highest BCUT2D eigenvalue weighted by Crippen LogP contribution is 2.33. The lowest BCUT2D eigenvalue weighted by Crippen LogP contribution is -2.24. The SMILES string of the molecule is CC(C)C(OOC(C)(C)C)c1cccc(C(OOC(C)(C)C)C(C)C)c1. The maximum atomic E-state index is 5.79. The van der Waals surface area contributed by atoms with E-state index >= 15 is 0 Å². The van der Waals surface area contributed by atoms with Crippen molar-refractivity contribution in [3.05, 3.63) is 35.4 Å². The van der Waals surface area contributed by atoms with E-state index in [-0.39, 0.29) is 35.2 Å². The van der Waals surface area contributed by atoms with Crippen LogP contribution >= 0.6 is 0 Å². The molecule has 4 heteroatoms. The molecule has 0 N–H and O–H groups in total. The van der Waals surface area contributed by atoms with Gasteiger partial charge in [0.1, 0.15) is 12.2 Å². The largest absolute Gasteiger partial charge is 0.230 e. The molecule has 0 aliphatic heterocycles. The zero-order valence-electron chi connectivity index (χ0n) is 18.3. The maximum absolute atomic E-state index is 5.79. The molecule has 0 fully saturated rings. The van der Waals surface area contributed by atoms with E-state index in [0.717, 1.165) is 11.1 Å². The molecule has 0 saturated carbocycles. The zero-order valence-corrected chi connectivity index (χ0v) is 18.3. The fourth-order valence-electron chi connectivity index (χ4n) is 2.41. The molecule has 0 spiro atoms. The summed E-state index contributed by atoms with van der Waals surface area (Å²) in [7, 11) is 0. The third-order valence-corrected chi connectivity index (χ3v) is 3.58. The Bertz CT molecular complexity index is 493. The fraction of sp³-hybridized carbons (Fsp3) is 0.727. The van der Waals surface area contributed by atoms with Gasteiger partial charge >= 0.3 is 0 Å². The van der Waals surface area contributed by atoms with Crippen LogP contribution in [-0.4, -0.2) is 11.2 Å². The van der Waals surface area contributed by atoms with Gasteiger partial charge in [-0.05, 0) is 64.5 Å². The summed E-state index contributed by atoms with van der Waals surface area (Å²) in [5.41, 5.74) is 1.45. The van der Waals surface area contributed by atoms with Gasteiger partial charge in [-0.2, -0.15) is 0 Å². The highest BCUT2D eigenvalue weighted by molar-refractivity contribution is 5.27. The average molecular weight is 367 g/mol. The second-order valence-electron chi connectivity index (χ2n) is 9.58. The smallest absolute Gasteiger partial charge is 0.120 e. The normalized spacial score (nSPS) is 15.5. The fourth-order valence-corrected chi connectivity index (χ4v) is 2.41. The molecule has 0 radical (unpaired) electrons. The Morgan fingerprint density at radius 3 is 1.27 bits per heavy atom. The molecule has 0 aliphatic carbocycles. The molecule has 1 rings (SSSR count). The second-order valence-corrected chi connectivity index (χ2v) is 9.58. The lowest BCUT2D eigenvalue weighted by molar-refractivity contribution is -0.383. The van der Waals surface area contributed by atoms with Crippen molar-refractivity contribution in [1.82, 2.24) is 0 Å². The molecule has 4 nitrogen and oxygen atoms in total. The van der Waals surface area contributed by atoms with Crippen LogP contribution in [0.3, 0.4) is 0 Å². The lowest BCUT2D eigenvalue weighted by atomic mass is 9.93. The Morgan fingerprint density at radius 2 is 1.00 bits per heavy atom. The Hall–Kier alpha value is -0.940. The van der Waals surface area contributed by atoms with Crippen molar-refractivity contribution in [2.24, 2.45) is 11.8 Å². The van der Waals surface area contributed by atoms with Gasteiger partial charge in [-0.25, -0.2) is 19.6 Å². The van der Waals surface area contributed by atoms with Crippen molar-refractivity contribution in [3.8, 4) is 0 Å². The predicted octanol–water partition coefficient (Wildman–Crippen LogP) is 6.57. The molecular weight excluding hydrogens is 328 g/mol. The predicted molar refractivity (Wildman–Crippen MR) is 105 cm³/mol. The number of hydrogen-bond acceptors (Lipinski definition) is 4. The molecule has 2 unspecified atom stereocenters. The molecule has 0 saturated heterocycles. The summed E-state index contributed by atoms with van der Waals surface area (Å²) in [5.74, 6) is 0.550. The van der Waals surface area contributed by atoms with Crippen molar-refractivity contribution in [2.45, 2.75) is 92.6 Å². The summed E-state index contributed by atoms with van der Waals surface area (Å²) in [6.45, 7) is 20.4. The summed E-state index contributed by atoms with van der Waals surface area (Å²) < 4.78 is 0. The molecule has 26 heavy (non-hydrogen) atoms. The number of hydrogen-bond donors (Lipinski definition) is 0. The first-order valence-corrected chi connectivity index (χ1v) is 9.59. The second kappa shape index (κ2) is 9.32. The van der Waals surface area contributed by atoms with Gasteiger partial charge in [0.05, 0.1) is 11.2 Å². The minimum absolute atomic E-state index is 0.148. The molecule has 0 aromatic heterocycles. The van der Waals surface area contributed by atoms with Gasteiger partial charge in [-0.1, -0.05) is 52.0 Å². The molecular formula is C22H38O4. The van der Waals surface area contributed by atoms with Crippen molar-refractivity contribution in [1.29, 1.82) is 0 Å². The van der Waals surface area contributed by atoms with Gasteiger partial charge in [0.15, 0.2) is 0 Å². The molecule has 1 aromatic rings. The summed E-state index contributed by atoms with van der Waals surface area (Å²) in [6.07, 6.45) is -0.295. The molecule has 1 aromatic carbocycles. The van der Waals surface area contributed by atoms with Crippen LogP contribution in [0.2, 0.25) is 0 Å². The third kappa shape index (κ3) is 8.17. The minimum atomic E-state index is -0.352. The first kappa shape index (κ1) is 23.1. The van der Waals surface area contributed by atoms with Crippen LogP contribution in [0.1, 0.15) is 92.6 Å². The lowest BCUT2D eigenvalue weighted by Gasteiger charge is -2.28. The average Bonchev–Trinajstić information content (AvgIpc) is 2.44. The Kier molecular flexibility index (Phi) is 8.28. The van der Waals surface area contributed by atoms with Crippen LogP contribution in [0, 0.1) is 11.8 Å². The van der Waals surface area contributed by atoms with Crippen LogP contribution < -0.4 is 0 Å². The molecule has 150 valence electrons. The zero-order chi connectivity index (χ0) is 20.1. The van der Waals surface area contributed by atoms with Crippen LogP contribution in [-0.2, 0) is 19.6 Å². The highest BCUT2D eigenvalue weighted by atomic mass is 17.2. The molecule has 0 bridgehead atoms. The minimum Gasteiger partial charge on any atom is -0.230 e. The summed E-state index contributed by atoms with van der Waals surface area (Å²) in [4.78, 5) is 22.8. The standard InChI is InChI=1S/C22H38O4/c1-15(2)19(23-25-21(5,6)7)17-12-11-13-18(14-17)20(16(3)4)24-26-22(8,9)10/h11-16,19-20H,1-10H3.